The zero-order valence-electron chi connectivity index (χ0n) is 16.3. The third-order valence-electron chi connectivity index (χ3n) is 4.45. The van der Waals surface area contributed by atoms with E-state index < -0.39 is 5.97 Å². The van der Waals surface area contributed by atoms with Crippen LogP contribution in [0, 0.1) is 6.92 Å². The molecule has 150 valence electrons. The number of carbonyl (C=O) groups excluding carboxylic acids is 1. The molecule has 0 saturated heterocycles. The van der Waals surface area contributed by atoms with E-state index in [1.54, 1.807) is 24.3 Å². The van der Waals surface area contributed by atoms with Crippen molar-refractivity contribution in [3.63, 3.8) is 0 Å². The van der Waals surface area contributed by atoms with Crippen LogP contribution in [0.1, 0.15) is 39.9 Å². The van der Waals surface area contributed by atoms with E-state index in [1.807, 2.05) is 31.2 Å². The lowest BCUT2D eigenvalue weighted by atomic mass is 10.1. The van der Waals surface area contributed by atoms with Gasteiger partial charge in [0, 0.05) is 11.3 Å². The van der Waals surface area contributed by atoms with Crippen LogP contribution in [0.15, 0.2) is 64.2 Å². The van der Waals surface area contributed by atoms with Crippen LogP contribution in [-0.2, 0) is 17.9 Å². The number of rotatable bonds is 7. The SMILES string of the molecule is CCc1ccc(OCc2ccc(C(=O)O/N=C(\N)c3cccc(N)c3C)o2)cc1. The van der Waals surface area contributed by atoms with Crippen molar-refractivity contribution in [2.45, 2.75) is 26.9 Å². The summed E-state index contributed by atoms with van der Waals surface area (Å²) < 4.78 is 11.1. The van der Waals surface area contributed by atoms with Gasteiger partial charge in [-0.2, -0.15) is 0 Å². The number of carbonyl (C=O) groups is 1. The van der Waals surface area contributed by atoms with Crippen LogP contribution in [0.25, 0.3) is 0 Å². The Morgan fingerprint density at radius 1 is 1.10 bits per heavy atom. The maximum absolute atomic E-state index is 12.1. The van der Waals surface area contributed by atoms with E-state index in [4.69, 9.17) is 25.5 Å². The second kappa shape index (κ2) is 8.97. The zero-order valence-corrected chi connectivity index (χ0v) is 16.3. The smallest absolute Gasteiger partial charge is 0.400 e. The average molecular weight is 393 g/mol. The van der Waals surface area contributed by atoms with Gasteiger partial charge in [-0.1, -0.05) is 36.3 Å². The summed E-state index contributed by atoms with van der Waals surface area (Å²) in [7, 11) is 0. The highest BCUT2D eigenvalue weighted by Crippen LogP contribution is 2.17. The number of anilines is 1. The van der Waals surface area contributed by atoms with Crippen molar-refractivity contribution in [3.05, 3.63) is 82.8 Å². The van der Waals surface area contributed by atoms with Crippen molar-refractivity contribution >= 4 is 17.5 Å². The highest BCUT2D eigenvalue weighted by molar-refractivity contribution is 6.00. The largest absolute Gasteiger partial charge is 0.486 e. The van der Waals surface area contributed by atoms with Gasteiger partial charge < -0.3 is 25.5 Å². The van der Waals surface area contributed by atoms with Gasteiger partial charge >= 0.3 is 5.97 Å². The van der Waals surface area contributed by atoms with Gasteiger partial charge in [0.2, 0.25) is 5.76 Å². The number of amidine groups is 1. The van der Waals surface area contributed by atoms with Gasteiger partial charge in [0.25, 0.3) is 0 Å². The number of furan rings is 1. The topological polar surface area (TPSA) is 113 Å². The number of hydrogen-bond acceptors (Lipinski definition) is 6. The molecule has 0 radical (unpaired) electrons. The van der Waals surface area contributed by atoms with Crippen molar-refractivity contribution in [1.29, 1.82) is 0 Å². The van der Waals surface area contributed by atoms with Gasteiger partial charge in [-0.05, 0) is 54.8 Å². The van der Waals surface area contributed by atoms with Crippen molar-refractivity contribution in [2.75, 3.05) is 5.73 Å². The zero-order chi connectivity index (χ0) is 20.8. The van der Waals surface area contributed by atoms with Crippen LogP contribution in [0.5, 0.6) is 5.75 Å². The molecule has 0 unspecified atom stereocenters. The quantitative estimate of drug-likeness (QED) is 0.208. The van der Waals surface area contributed by atoms with Gasteiger partial charge in [0.05, 0.1) is 0 Å². The van der Waals surface area contributed by atoms with Crippen molar-refractivity contribution in [3.8, 4) is 5.75 Å². The molecule has 29 heavy (non-hydrogen) atoms. The van der Waals surface area contributed by atoms with Crippen LogP contribution in [0.2, 0.25) is 0 Å². The second-order valence-electron chi connectivity index (χ2n) is 6.43. The number of aryl methyl sites for hydroxylation is 1. The predicted octanol–water partition coefficient (Wildman–Crippen LogP) is 3.79. The maximum atomic E-state index is 12.1. The molecule has 1 heterocycles. The number of benzene rings is 2. The lowest BCUT2D eigenvalue weighted by Crippen LogP contribution is -2.17. The molecule has 3 aromatic rings. The van der Waals surface area contributed by atoms with Crippen molar-refractivity contribution in [2.24, 2.45) is 10.9 Å². The van der Waals surface area contributed by atoms with E-state index >= 15 is 0 Å². The standard InChI is InChI=1S/C22H23N3O4/c1-3-15-7-9-16(10-8-15)27-13-17-11-12-20(28-17)22(26)29-25-21(24)18-5-4-6-19(23)14(18)2/h4-12H,3,13,23H2,1-2H3,(H2,24,25). The third-order valence-corrected chi connectivity index (χ3v) is 4.45. The Kier molecular flexibility index (Phi) is 6.19. The first-order chi connectivity index (χ1) is 14.0. The van der Waals surface area contributed by atoms with Crippen molar-refractivity contribution < 1.29 is 18.8 Å². The predicted molar refractivity (Wildman–Crippen MR) is 111 cm³/mol. The van der Waals surface area contributed by atoms with Gasteiger partial charge in [-0.15, -0.1) is 0 Å². The number of nitrogens with two attached hydrogens (primary N) is 2. The summed E-state index contributed by atoms with van der Waals surface area (Å²) in [6.45, 7) is 4.09. The van der Waals surface area contributed by atoms with Crippen LogP contribution in [0.4, 0.5) is 5.69 Å². The highest BCUT2D eigenvalue weighted by atomic mass is 16.7. The Balaban J connectivity index is 1.59. The van der Waals surface area contributed by atoms with E-state index in [9.17, 15) is 4.79 Å². The number of nitrogen functional groups attached to an aromatic ring is 1. The van der Waals surface area contributed by atoms with Crippen LogP contribution in [0.3, 0.4) is 0 Å². The molecule has 2 aromatic carbocycles. The fourth-order valence-electron chi connectivity index (χ4n) is 2.66. The Bertz CT molecular complexity index is 1020. The molecule has 0 atom stereocenters. The van der Waals surface area contributed by atoms with Gasteiger partial charge in [0.15, 0.2) is 5.84 Å². The summed E-state index contributed by atoms with van der Waals surface area (Å²) in [5, 5.41) is 3.69. The summed E-state index contributed by atoms with van der Waals surface area (Å²) in [6, 6.07) is 16.2. The van der Waals surface area contributed by atoms with Crippen molar-refractivity contribution in [1.82, 2.24) is 0 Å². The Morgan fingerprint density at radius 3 is 2.59 bits per heavy atom. The number of nitrogens with zero attached hydrogens (tertiary/aromatic N) is 1. The van der Waals surface area contributed by atoms with Crippen LogP contribution >= 0.6 is 0 Å². The molecule has 0 amide bonds. The molecule has 0 spiro atoms. The minimum Gasteiger partial charge on any atom is -0.486 e. The fourth-order valence-corrected chi connectivity index (χ4v) is 2.66. The lowest BCUT2D eigenvalue weighted by molar-refractivity contribution is 0.0475. The molecule has 1 aromatic heterocycles. The number of oxime groups is 1. The third kappa shape index (κ3) is 4.95. The molecule has 0 saturated carbocycles. The van der Waals surface area contributed by atoms with Gasteiger partial charge in [0.1, 0.15) is 18.1 Å². The maximum Gasteiger partial charge on any atom is 0.400 e. The molecule has 0 bridgehead atoms. The summed E-state index contributed by atoms with van der Waals surface area (Å²) in [5.74, 6) is 0.505. The van der Waals surface area contributed by atoms with Gasteiger partial charge in [-0.3, -0.25) is 0 Å². The summed E-state index contributed by atoms with van der Waals surface area (Å²) >= 11 is 0. The molecule has 7 heteroatoms. The monoisotopic (exact) mass is 393 g/mol. The summed E-state index contributed by atoms with van der Waals surface area (Å²) in [6.07, 6.45) is 0.966. The van der Waals surface area contributed by atoms with Gasteiger partial charge in [-0.25, -0.2) is 4.79 Å². The highest BCUT2D eigenvalue weighted by Gasteiger charge is 2.14. The average Bonchev–Trinajstić information content (AvgIpc) is 3.22. The first-order valence-electron chi connectivity index (χ1n) is 9.18. The molecular weight excluding hydrogens is 370 g/mol. The fraction of sp³-hybridized carbons (Fsp3) is 0.182. The Morgan fingerprint density at radius 2 is 1.86 bits per heavy atom. The second-order valence-corrected chi connectivity index (χ2v) is 6.43. The molecule has 7 nitrogen and oxygen atoms in total. The van der Waals surface area contributed by atoms with E-state index in [0.717, 1.165) is 17.7 Å². The lowest BCUT2D eigenvalue weighted by Gasteiger charge is -2.06. The number of hydrogen-bond donors (Lipinski definition) is 2. The summed E-state index contributed by atoms with van der Waals surface area (Å²) in [4.78, 5) is 17.0. The minimum atomic E-state index is -0.756. The molecule has 0 aliphatic heterocycles. The van der Waals surface area contributed by atoms with E-state index in [2.05, 4.69) is 12.1 Å². The van der Waals surface area contributed by atoms with E-state index in [-0.39, 0.29) is 18.2 Å². The first kappa shape index (κ1) is 20.0. The molecule has 0 aliphatic carbocycles. The summed E-state index contributed by atoms with van der Waals surface area (Å²) in [5.41, 5.74) is 14.9. The first-order valence-corrected chi connectivity index (χ1v) is 9.18. The Labute approximate surface area is 168 Å². The number of ether oxygens (including phenoxy) is 1. The molecule has 0 fully saturated rings. The minimum absolute atomic E-state index is 0.00535. The Hall–Kier alpha value is -3.74. The van der Waals surface area contributed by atoms with Crippen LogP contribution < -0.4 is 16.2 Å². The van der Waals surface area contributed by atoms with E-state index in [1.165, 1.54) is 11.6 Å². The van der Waals surface area contributed by atoms with E-state index in [0.29, 0.717) is 17.0 Å². The molecular formula is C22H23N3O4. The molecule has 3 rings (SSSR count). The normalized spacial score (nSPS) is 11.3. The van der Waals surface area contributed by atoms with Crippen LogP contribution in [-0.4, -0.2) is 11.8 Å². The molecule has 4 N–H and O–H groups in total. The molecule has 0 aliphatic rings.